The second kappa shape index (κ2) is 6.59. The lowest BCUT2D eigenvalue weighted by molar-refractivity contribution is 0.0733. The molecule has 2 aromatic heterocycles. The van der Waals surface area contributed by atoms with E-state index in [0.29, 0.717) is 6.54 Å². The molecule has 0 saturated carbocycles. The highest BCUT2D eigenvalue weighted by Gasteiger charge is 2.32. The third kappa shape index (κ3) is 2.89. The number of likely N-dealkylation sites (tertiary alicyclic amines) is 1. The summed E-state index contributed by atoms with van der Waals surface area (Å²) in [4.78, 5) is 36.7. The zero-order valence-corrected chi connectivity index (χ0v) is 15.3. The van der Waals surface area contributed by atoms with Crippen LogP contribution >= 0.6 is 0 Å². The molecule has 1 fully saturated rings. The molecular weight excluding hydrogens is 328 g/mol. The van der Waals surface area contributed by atoms with E-state index in [2.05, 4.69) is 9.97 Å². The number of nitrogens with one attached hydrogen (secondary N) is 1. The number of aromatic nitrogens is 2. The van der Waals surface area contributed by atoms with Crippen LogP contribution in [-0.2, 0) is 12.8 Å². The molecule has 6 heteroatoms. The van der Waals surface area contributed by atoms with Crippen LogP contribution in [0.25, 0.3) is 0 Å². The minimum Gasteiger partial charge on any atom is -0.363 e. The average molecular weight is 352 g/mol. The lowest BCUT2D eigenvalue weighted by atomic mass is 10.0. The predicted molar refractivity (Wildman–Crippen MR) is 101 cm³/mol. The number of aromatic amines is 1. The number of hydrogen-bond donors (Lipinski definition) is 1. The fourth-order valence-electron chi connectivity index (χ4n) is 4.07. The molecule has 2 aliphatic rings. The summed E-state index contributed by atoms with van der Waals surface area (Å²) in [5, 5.41) is 0. The highest BCUT2D eigenvalue weighted by molar-refractivity contribution is 5.94. The number of carbonyl (C=O) groups excluding carboxylic acids is 1. The fourth-order valence-corrected chi connectivity index (χ4v) is 4.07. The maximum absolute atomic E-state index is 13.2. The molecule has 1 saturated heterocycles. The largest absolute Gasteiger partial charge is 0.363 e. The summed E-state index contributed by atoms with van der Waals surface area (Å²) >= 11 is 0. The normalized spacial score (nSPS) is 18.8. The number of rotatable bonds is 3. The molecule has 26 heavy (non-hydrogen) atoms. The Morgan fingerprint density at radius 1 is 1.27 bits per heavy atom. The van der Waals surface area contributed by atoms with Gasteiger partial charge in [0.05, 0.1) is 6.04 Å². The van der Waals surface area contributed by atoms with Crippen LogP contribution in [0.3, 0.4) is 0 Å². The quantitative estimate of drug-likeness (QED) is 0.920. The Hall–Kier alpha value is -2.63. The molecule has 136 valence electrons. The number of amides is 1. The van der Waals surface area contributed by atoms with Gasteiger partial charge in [-0.3, -0.25) is 9.59 Å². The van der Waals surface area contributed by atoms with E-state index in [0.717, 1.165) is 54.7 Å². The Kier molecular flexibility index (Phi) is 4.26. The molecule has 1 aliphatic carbocycles. The molecule has 1 N–H and O–H groups in total. The molecule has 1 atom stereocenters. The summed E-state index contributed by atoms with van der Waals surface area (Å²) in [6, 6.07) is 5.81. The van der Waals surface area contributed by atoms with Gasteiger partial charge in [-0.15, -0.1) is 0 Å². The molecular formula is C20H24N4O2. The molecule has 2 aromatic rings. The molecule has 0 aromatic carbocycles. The monoisotopic (exact) mass is 352 g/mol. The molecule has 0 radical (unpaired) electrons. The number of pyridine rings is 2. The first-order valence-corrected chi connectivity index (χ1v) is 9.24. The zero-order valence-electron chi connectivity index (χ0n) is 15.3. The third-order valence-corrected chi connectivity index (χ3v) is 5.44. The van der Waals surface area contributed by atoms with Gasteiger partial charge in [0.15, 0.2) is 0 Å². The Morgan fingerprint density at radius 2 is 2.12 bits per heavy atom. The highest BCUT2D eigenvalue weighted by atomic mass is 16.2. The Labute approximate surface area is 152 Å². The standard InChI is InChI=1S/C20H24N4O2/c1-23(2)18-12-14(8-9-21-18)17-7-4-10-24(17)20(26)15-11-13-5-3-6-16(13)22-19(15)25/h8-9,11-12,17H,3-7,10H2,1-2H3,(H,22,25). The average Bonchev–Trinajstić information content (AvgIpc) is 3.29. The molecule has 1 unspecified atom stereocenters. The lowest BCUT2D eigenvalue weighted by Gasteiger charge is -2.26. The van der Waals surface area contributed by atoms with Gasteiger partial charge >= 0.3 is 0 Å². The van der Waals surface area contributed by atoms with E-state index in [-0.39, 0.29) is 23.1 Å². The lowest BCUT2D eigenvalue weighted by Crippen LogP contribution is -2.35. The van der Waals surface area contributed by atoms with E-state index < -0.39 is 0 Å². The number of H-pyrrole nitrogens is 1. The van der Waals surface area contributed by atoms with E-state index in [1.165, 1.54) is 0 Å². The smallest absolute Gasteiger partial charge is 0.261 e. The van der Waals surface area contributed by atoms with Gasteiger partial charge in [0.2, 0.25) is 0 Å². The van der Waals surface area contributed by atoms with E-state index in [1.807, 2.05) is 42.1 Å². The Bertz CT molecular complexity index is 903. The maximum Gasteiger partial charge on any atom is 0.261 e. The summed E-state index contributed by atoms with van der Waals surface area (Å²) in [5.41, 5.74) is 3.20. The minimum absolute atomic E-state index is 0.00291. The number of anilines is 1. The van der Waals surface area contributed by atoms with Gasteiger partial charge in [-0.1, -0.05) is 0 Å². The van der Waals surface area contributed by atoms with Crippen molar-refractivity contribution >= 4 is 11.7 Å². The van der Waals surface area contributed by atoms with Crippen molar-refractivity contribution in [3.05, 3.63) is 57.1 Å². The van der Waals surface area contributed by atoms with Crippen LogP contribution in [0.5, 0.6) is 0 Å². The van der Waals surface area contributed by atoms with Crippen LogP contribution in [0.2, 0.25) is 0 Å². The first-order valence-electron chi connectivity index (χ1n) is 9.24. The summed E-state index contributed by atoms with van der Waals surface area (Å²) in [5.74, 6) is 0.712. The van der Waals surface area contributed by atoms with Crippen molar-refractivity contribution in [2.45, 2.75) is 38.1 Å². The fraction of sp³-hybridized carbons (Fsp3) is 0.450. The molecule has 1 amide bonds. The van der Waals surface area contributed by atoms with Crippen LogP contribution in [0.4, 0.5) is 5.82 Å². The van der Waals surface area contributed by atoms with Crippen LogP contribution in [0, 0.1) is 0 Å². The van der Waals surface area contributed by atoms with Gasteiger partial charge in [-0.05, 0) is 61.4 Å². The molecule has 1 aliphatic heterocycles. The van der Waals surface area contributed by atoms with Gasteiger partial charge in [-0.25, -0.2) is 4.98 Å². The van der Waals surface area contributed by atoms with Gasteiger partial charge < -0.3 is 14.8 Å². The van der Waals surface area contributed by atoms with Crippen LogP contribution in [-0.4, -0.2) is 41.4 Å². The van der Waals surface area contributed by atoms with E-state index in [4.69, 9.17) is 0 Å². The van der Waals surface area contributed by atoms with Crippen LogP contribution in [0.15, 0.2) is 29.2 Å². The number of nitrogens with zero attached hydrogens (tertiary/aromatic N) is 3. The van der Waals surface area contributed by atoms with E-state index in [1.54, 1.807) is 6.20 Å². The van der Waals surface area contributed by atoms with E-state index in [9.17, 15) is 9.59 Å². The SMILES string of the molecule is CN(C)c1cc(C2CCCN2C(=O)c2cc3c([nH]c2=O)CCC3)ccn1. The number of hydrogen-bond acceptors (Lipinski definition) is 4. The Balaban J connectivity index is 1.66. The molecule has 3 heterocycles. The van der Waals surface area contributed by atoms with Crippen molar-refractivity contribution in [1.29, 1.82) is 0 Å². The van der Waals surface area contributed by atoms with Crippen molar-refractivity contribution in [3.63, 3.8) is 0 Å². The third-order valence-electron chi connectivity index (χ3n) is 5.44. The number of aryl methyl sites for hydroxylation is 2. The zero-order chi connectivity index (χ0) is 18.3. The molecule has 0 bridgehead atoms. The first-order chi connectivity index (χ1) is 12.5. The summed E-state index contributed by atoms with van der Waals surface area (Å²) in [6.07, 6.45) is 6.51. The van der Waals surface area contributed by atoms with Crippen molar-refractivity contribution in [3.8, 4) is 0 Å². The van der Waals surface area contributed by atoms with E-state index >= 15 is 0 Å². The second-order valence-electron chi connectivity index (χ2n) is 7.37. The van der Waals surface area contributed by atoms with Gasteiger partial charge in [0.25, 0.3) is 11.5 Å². The first kappa shape index (κ1) is 16.8. The summed E-state index contributed by atoms with van der Waals surface area (Å²) in [7, 11) is 3.90. The molecule has 6 nitrogen and oxygen atoms in total. The van der Waals surface area contributed by atoms with Gasteiger partial charge in [0.1, 0.15) is 11.4 Å². The number of fused-ring (bicyclic) bond motifs is 1. The van der Waals surface area contributed by atoms with Crippen molar-refractivity contribution in [2.75, 3.05) is 25.5 Å². The van der Waals surface area contributed by atoms with Crippen molar-refractivity contribution in [1.82, 2.24) is 14.9 Å². The van der Waals surface area contributed by atoms with Gasteiger partial charge in [-0.2, -0.15) is 0 Å². The minimum atomic E-state index is -0.259. The maximum atomic E-state index is 13.2. The topological polar surface area (TPSA) is 69.3 Å². The molecule has 4 rings (SSSR count). The second-order valence-corrected chi connectivity index (χ2v) is 7.37. The highest BCUT2D eigenvalue weighted by Crippen LogP contribution is 2.34. The number of carbonyl (C=O) groups is 1. The van der Waals surface area contributed by atoms with Crippen molar-refractivity contribution < 1.29 is 4.79 Å². The Morgan fingerprint density at radius 3 is 2.92 bits per heavy atom. The predicted octanol–water partition coefficient (Wildman–Crippen LogP) is 2.30. The molecule has 0 spiro atoms. The van der Waals surface area contributed by atoms with Crippen LogP contribution in [0.1, 0.15) is 52.5 Å². The van der Waals surface area contributed by atoms with Crippen molar-refractivity contribution in [2.24, 2.45) is 0 Å². The summed E-state index contributed by atoms with van der Waals surface area (Å²) in [6.45, 7) is 0.680. The van der Waals surface area contributed by atoms with Gasteiger partial charge in [0, 0.05) is 32.5 Å². The van der Waals surface area contributed by atoms with Crippen LogP contribution < -0.4 is 10.5 Å². The summed E-state index contributed by atoms with van der Waals surface area (Å²) < 4.78 is 0.